The number of guanidine groups is 1. The molecule has 0 aliphatic heterocycles. The largest absolute Gasteiger partial charge is 0.461 e. The monoisotopic (exact) mass is 395 g/mol. The van der Waals surface area contributed by atoms with Gasteiger partial charge in [0.1, 0.15) is 11.0 Å². The molecule has 3 aromatic rings. The highest BCUT2D eigenvalue weighted by Gasteiger charge is 2.10. The molecular weight excluding hydrogens is 377 g/mol. The fourth-order valence-electron chi connectivity index (χ4n) is 2.38. The van der Waals surface area contributed by atoms with Crippen LogP contribution in [0, 0.1) is 0 Å². The van der Waals surface area contributed by atoms with Crippen molar-refractivity contribution in [2.75, 3.05) is 13.6 Å². The fourth-order valence-corrected chi connectivity index (χ4v) is 2.79. The van der Waals surface area contributed by atoms with Gasteiger partial charge in [0.15, 0.2) is 11.7 Å². The first-order valence-electron chi connectivity index (χ1n) is 7.97. The van der Waals surface area contributed by atoms with Crippen molar-refractivity contribution in [1.29, 1.82) is 0 Å². The number of nitrogens with one attached hydrogen (secondary N) is 3. The Kier molecular flexibility index (Phi) is 5.85. The highest BCUT2D eigenvalue weighted by Crippen LogP contribution is 2.24. The van der Waals surface area contributed by atoms with Crippen molar-refractivity contribution in [3.8, 4) is 11.6 Å². The van der Waals surface area contributed by atoms with Crippen LogP contribution in [0.4, 0.5) is 0 Å². The van der Waals surface area contributed by atoms with Gasteiger partial charge in [-0.1, -0.05) is 23.2 Å². The first kappa shape index (κ1) is 18.3. The minimum atomic E-state index is 0.518. The third kappa shape index (κ3) is 4.20. The highest BCUT2D eigenvalue weighted by atomic mass is 35.5. The topological polar surface area (TPSA) is 96.1 Å². The summed E-state index contributed by atoms with van der Waals surface area (Å²) in [6, 6.07) is 5.45. The quantitative estimate of drug-likeness (QED) is 0.440. The van der Waals surface area contributed by atoms with E-state index in [1.54, 1.807) is 19.4 Å². The van der Waals surface area contributed by atoms with E-state index >= 15 is 0 Å². The van der Waals surface area contributed by atoms with Crippen LogP contribution in [-0.4, -0.2) is 39.3 Å². The molecule has 0 aliphatic carbocycles. The van der Waals surface area contributed by atoms with Crippen molar-refractivity contribution in [2.45, 2.75) is 13.0 Å². The molecule has 3 N–H and O–H groups in total. The Bertz CT molecular complexity index is 883. The van der Waals surface area contributed by atoms with Gasteiger partial charge in [-0.15, -0.1) is 0 Å². The molecule has 0 aliphatic rings. The molecule has 138 valence electrons. The predicted molar refractivity (Wildman–Crippen MR) is 101 cm³/mol. The average Bonchev–Trinajstić information content (AvgIpc) is 3.36. The number of hydrogen-bond acceptors (Lipinski definition) is 4. The van der Waals surface area contributed by atoms with E-state index in [9.17, 15) is 0 Å². The molecular formula is C16H19Cl2N7O. The minimum Gasteiger partial charge on any atom is -0.461 e. The molecule has 3 aromatic heterocycles. The molecule has 0 spiro atoms. The van der Waals surface area contributed by atoms with Gasteiger partial charge < -0.3 is 19.6 Å². The summed E-state index contributed by atoms with van der Waals surface area (Å²) >= 11 is 12.1. The zero-order chi connectivity index (χ0) is 18.5. The number of H-pyrrole nitrogens is 1. The molecule has 0 bridgehead atoms. The number of hydrogen-bond donors (Lipinski definition) is 3. The summed E-state index contributed by atoms with van der Waals surface area (Å²) in [6.07, 6.45) is 2.26. The van der Waals surface area contributed by atoms with Crippen LogP contribution < -0.4 is 10.6 Å². The van der Waals surface area contributed by atoms with Crippen molar-refractivity contribution in [1.82, 2.24) is 30.4 Å². The van der Waals surface area contributed by atoms with E-state index in [2.05, 4.69) is 30.8 Å². The lowest BCUT2D eigenvalue weighted by atomic mass is 10.4. The lowest BCUT2D eigenvalue weighted by Gasteiger charge is -2.12. The number of rotatable bonds is 6. The van der Waals surface area contributed by atoms with Crippen molar-refractivity contribution in [2.24, 2.45) is 12.0 Å². The predicted octanol–water partition coefficient (Wildman–Crippen LogP) is 2.62. The first-order valence-corrected chi connectivity index (χ1v) is 8.73. The Hall–Kier alpha value is -2.45. The van der Waals surface area contributed by atoms with Gasteiger partial charge in [0.05, 0.1) is 17.8 Å². The van der Waals surface area contributed by atoms with Gasteiger partial charge in [0.25, 0.3) is 0 Å². The van der Waals surface area contributed by atoms with Crippen LogP contribution >= 0.6 is 23.2 Å². The summed E-state index contributed by atoms with van der Waals surface area (Å²) < 4.78 is 7.10. The summed E-state index contributed by atoms with van der Waals surface area (Å²) in [5.74, 6) is 2.62. The van der Waals surface area contributed by atoms with E-state index in [1.165, 1.54) is 0 Å². The number of aliphatic imine (C=N–C) groups is 1. The van der Waals surface area contributed by atoms with E-state index in [-0.39, 0.29) is 0 Å². The van der Waals surface area contributed by atoms with Crippen LogP contribution in [0.1, 0.15) is 11.5 Å². The second kappa shape index (κ2) is 8.29. The van der Waals surface area contributed by atoms with E-state index in [0.29, 0.717) is 47.2 Å². The van der Waals surface area contributed by atoms with Crippen LogP contribution in [0.5, 0.6) is 0 Å². The molecule has 0 saturated carbocycles. The minimum absolute atomic E-state index is 0.518. The number of aromatic nitrogens is 4. The fraction of sp³-hybridized carbons (Fsp3) is 0.312. The molecule has 3 rings (SSSR count). The van der Waals surface area contributed by atoms with Gasteiger partial charge >= 0.3 is 0 Å². The highest BCUT2D eigenvalue weighted by molar-refractivity contribution is 6.41. The van der Waals surface area contributed by atoms with Gasteiger partial charge in [0.2, 0.25) is 5.82 Å². The third-order valence-corrected chi connectivity index (χ3v) is 4.65. The molecule has 3 heterocycles. The first-order chi connectivity index (χ1) is 12.6. The van der Waals surface area contributed by atoms with Crippen LogP contribution in [0.15, 0.2) is 33.9 Å². The number of aromatic amines is 1. The molecule has 26 heavy (non-hydrogen) atoms. The zero-order valence-corrected chi connectivity index (χ0v) is 15.9. The zero-order valence-electron chi connectivity index (χ0n) is 14.4. The Morgan fingerprint density at radius 3 is 2.88 bits per heavy atom. The van der Waals surface area contributed by atoms with Gasteiger partial charge in [-0.2, -0.15) is 5.10 Å². The number of halogens is 2. The molecule has 0 atom stereocenters. The smallest absolute Gasteiger partial charge is 0.216 e. The molecule has 0 aromatic carbocycles. The van der Waals surface area contributed by atoms with Crippen LogP contribution in [0.3, 0.4) is 0 Å². The van der Waals surface area contributed by atoms with Gasteiger partial charge in [-0.05, 0) is 18.2 Å². The Labute approximate surface area is 160 Å². The van der Waals surface area contributed by atoms with Crippen LogP contribution in [0.2, 0.25) is 10.2 Å². The van der Waals surface area contributed by atoms with Crippen molar-refractivity contribution < 1.29 is 4.42 Å². The Morgan fingerprint density at radius 1 is 1.38 bits per heavy atom. The average molecular weight is 396 g/mol. The van der Waals surface area contributed by atoms with E-state index in [1.807, 2.05) is 23.7 Å². The van der Waals surface area contributed by atoms with E-state index in [0.717, 1.165) is 11.5 Å². The molecule has 8 nitrogen and oxygen atoms in total. The van der Waals surface area contributed by atoms with Gasteiger partial charge in [0, 0.05) is 32.8 Å². The standard InChI is InChI=1S/C16H19Cl2N7O/c1-19-16(21-9-10-8-11(17)14(18)25(10)2)20-6-5-13-22-15(24-23-13)12-4-3-7-26-12/h3-4,7-8H,5-6,9H2,1-2H3,(H2,19,20,21)(H,22,23,24). The third-order valence-electron chi connectivity index (χ3n) is 3.80. The molecule has 0 radical (unpaired) electrons. The second-order valence-corrected chi connectivity index (χ2v) is 6.28. The summed E-state index contributed by atoms with van der Waals surface area (Å²) in [7, 11) is 3.58. The SMILES string of the molecule is CN=C(NCCc1nc(-c2ccco2)n[nH]1)NCc1cc(Cl)c(Cl)n1C. The lowest BCUT2D eigenvalue weighted by Crippen LogP contribution is -2.38. The van der Waals surface area contributed by atoms with Crippen molar-refractivity contribution in [3.05, 3.63) is 46.2 Å². The molecule has 0 fully saturated rings. The molecule has 0 saturated heterocycles. The maximum absolute atomic E-state index is 6.07. The van der Waals surface area contributed by atoms with Crippen molar-refractivity contribution in [3.63, 3.8) is 0 Å². The normalized spacial score (nSPS) is 11.8. The van der Waals surface area contributed by atoms with Crippen LogP contribution in [0.25, 0.3) is 11.6 Å². The summed E-state index contributed by atoms with van der Waals surface area (Å²) in [4.78, 5) is 8.60. The molecule has 10 heteroatoms. The van der Waals surface area contributed by atoms with Gasteiger partial charge in [-0.25, -0.2) is 4.98 Å². The number of furan rings is 1. The summed E-state index contributed by atoms with van der Waals surface area (Å²) in [5.41, 5.74) is 0.960. The summed E-state index contributed by atoms with van der Waals surface area (Å²) in [6.45, 7) is 1.19. The maximum Gasteiger partial charge on any atom is 0.216 e. The Balaban J connectivity index is 1.48. The van der Waals surface area contributed by atoms with E-state index < -0.39 is 0 Å². The second-order valence-electron chi connectivity index (χ2n) is 5.52. The van der Waals surface area contributed by atoms with Gasteiger partial charge in [-0.3, -0.25) is 10.1 Å². The maximum atomic E-state index is 6.07. The molecule has 0 unspecified atom stereocenters. The van der Waals surface area contributed by atoms with Crippen molar-refractivity contribution >= 4 is 29.2 Å². The van der Waals surface area contributed by atoms with Crippen LogP contribution in [-0.2, 0) is 20.0 Å². The lowest BCUT2D eigenvalue weighted by molar-refractivity contribution is 0.577. The van der Waals surface area contributed by atoms with E-state index in [4.69, 9.17) is 27.6 Å². The number of nitrogens with zero attached hydrogens (tertiary/aromatic N) is 4. The molecule has 0 amide bonds. The Morgan fingerprint density at radius 2 is 2.23 bits per heavy atom. The summed E-state index contributed by atoms with van der Waals surface area (Å²) in [5, 5.41) is 14.5.